The minimum Gasteiger partial charge on any atom is -0.381 e. The smallest absolute Gasteiger partial charge is 0.247 e. The van der Waals surface area contributed by atoms with Crippen LogP contribution in [-0.2, 0) is 4.74 Å². The highest BCUT2D eigenvalue weighted by molar-refractivity contribution is 7.99. The molecule has 1 aliphatic heterocycles. The third-order valence-corrected chi connectivity index (χ3v) is 4.45. The summed E-state index contributed by atoms with van der Waals surface area (Å²) in [6.45, 7) is 4.00. The number of hydrogen-bond acceptors (Lipinski definition) is 3. The van der Waals surface area contributed by atoms with E-state index >= 15 is 0 Å². The Kier molecular flexibility index (Phi) is 5.81. The zero-order chi connectivity index (χ0) is 15.4. The Morgan fingerprint density at radius 2 is 1.95 bits per heavy atom. The molecule has 2 nitrogen and oxygen atoms in total. The fourth-order valence-corrected chi connectivity index (χ4v) is 3.38. The van der Waals surface area contributed by atoms with Crippen LogP contribution in [0, 0.1) is 5.82 Å². The first-order chi connectivity index (χ1) is 9.94. The third-order valence-electron chi connectivity index (χ3n) is 3.36. The van der Waals surface area contributed by atoms with Crippen molar-refractivity contribution in [3.8, 4) is 0 Å². The van der Waals surface area contributed by atoms with Gasteiger partial charge in [0.25, 0.3) is 0 Å². The van der Waals surface area contributed by atoms with Gasteiger partial charge in [0, 0.05) is 10.9 Å². The molecule has 2 unspecified atom stereocenters. The van der Waals surface area contributed by atoms with Crippen molar-refractivity contribution < 1.29 is 17.9 Å². The Bertz CT molecular complexity index is 462. The monoisotopic (exact) mass is 319 g/mol. The maximum atomic E-state index is 13.4. The van der Waals surface area contributed by atoms with E-state index in [1.54, 1.807) is 6.07 Å². The predicted octanol–water partition coefficient (Wildman–Crippen LogP) is 4.55. The van der Waals surface area contributed by atoms with Crippen molar-refractivity contribution in [1.29, 1.82) is 0 Å². The van der Waals surface area contributed by atoms with Crippen LogP contribution >= 0.6 is 11.8 Å². The first kappa shape index (κ1) is 16.5. The van der Waals surface area contributed by atoms with Crippen molar-refractivity contribution in [2.45, 2.75) is 56.3 Å². The lowest BCUT2D eigenvalue weighted by Crippen LogP contribution is -2.37. The normalized spacial score (nSPS) is 26.1. The third kappa shape index (κ3) is 5.11. The predicted molar refractivity (Wildman–Crippen MR) is 79.8 cm³/mol. The van der Waals surface area contributed by atoms with Gasteiger partial charge in [0.15, 0.2) is 0 Å². The summed E-state index contributed by atoms with van der Waals surface area (Å²) in [5, 5.41) is 3.29. The number of nitrogens with one attached hydrogen (secondary N) is 1. The molecule has 1 aromatic rings. The summed E-state index contributed by atoms with van der Waals surface area (Å²) in [4.78, 5) is 0.656. The zero-order valence-corrected chi connectivity index (χ0v) is 12.9. The highest BCUT2D eigenvalue weighted by Crippen LogP contribution is 2.31. The molecule has 1 aromatic carbocycles. The van der Waals surface area contributed by atoms with Crippen LogP contribution in [0.3, 0.4) is 0 Å². The molecule has 1 fully saturated rings. The standard InChI is InChI=1S/C15H20F3NOS/c1-9-5-12(6-10(2)20-9)19-13-7-11(16)3-4-14(13)21-8-15(17)18/h3-4,7,9-10,12,15,19H,5-6,8H2,1-2H3. The zero-order valence-electron chi connectivity index (χ0n) is 12.1. The Morgan fingerprint density at radius 1 is 1.29 bits per heavy atom. The molecular weight excluding hydrogens is 299 g/mol. The molecule has 2 atom stereocenters. The van der Waals surface area contributed by atoms with Gasteiger partial charge in [0.1, 0.15) is 5.82 Å². The molecule has 21 heavy (non-hydrogen) atoms. The molecule has 0 saturated carbocycles. The van der Waals surface area contributed by atoms with Crippen molar-refractivity contribution in [3.05, 3.63) is 24.0 Å². The van der Waals surface area contributed by atoms with Gasteiger partial charge in [-0.05, 0) is 44.9 Å². The number of alkyl halides is 2. The van der Waals surface area contributed by atoms with Crippen LogP contribution in [-0.4, -0.2) is 30.4 Å². The molecule has 118 valence electrons. The Hall–Kier alpha value is -0.880. The Morgan fingerprint density at radius 3 is 2.57 bits per heavy atom. The number of rotatable bonds is 5. The second-order valence-electron chi connectivity index (χ2n) is 5.41. The lowest BCUT2D eigenvalue weighted by atomic mass is 9.99. The summed E-state index contributed by atoms with van der Waals surface area (Å²) in [6, 6.07) is 4.39. The molecule has 0 aromatic heterocycles. The lowest BCUT2D eigenvalue weighted by molar-refractivity contribution is -0.0338. The van der Waals surface area contributed by atoms with Gasteiger partial charge in [-0.1, -0.05) is 0 Å². The van der Waals surface area contributed by atoms with E-state index in [4.69, 9.17) is 4.74 Å². The molecule has 1 heterocycles. The van der Waals surface area contributed by atoms with Crippen LogP contribution in [0.2, 0.25) is 0 Å². The van der Waals surface area contributed by atoms with E-state index in [-0.39, 0.29) is 29.8 Å². The number of ether oxygens (including phenoxy) is 1. The molecule has 0 bridgehead atoms. The van der Waals surface area contributed by atoms with Crippen LogP contribution in [0.15, 0.2) is 23.1 Å². The number of hydrogen-bond donors (Lipinski definition) is 1. The van der Waals surface area contributed by atoms with Crippen molar-refractivity contribution in [2.75, 3.05) is 11.1 Å². The number of anilines is 1. The van der Waals surface area contributed by atoms with Crippen LogP contribution in [0.4, 0.5) is 18.9 Å². The first-order valence-corrected chi connectivity index (χ1v) is 8.05. The van der Waals surface area contributed by atoms with Gasteiger partial charge in [0.05, 0.1) is 23.6 Å². The van der Waals surface area contributed by atoms with Crippen LogP contribution < -0.4 is 5.32 Å². The van der Waals surface area contributed by atoms with Gasteiger partial charge in [-0.3, -0.25) is 0 Å². The van der Waals surface area contributed by atoms with Gasteiger partial charge in [-0.15, -0.1) is 11.8 Å². The van der Waals surface area contributed by atoms with Crippen molar-refractivity contribution >= 4 is 17.4 Å². The molecule has 0 radical (unpaired) electrons. The maximum Gasteiger partial charge on any atom is 0.247 e. The lowest BCUT2D eigenvalue weighted by Gasteiger charge is -2.33. The molecule has 0 spiro atoms. The quantitative estimate of drug-likeness (QED) is 0.805. The molecule has 2 rings (SSSR count). The molecule has 0 amide bonds. The van der Waals surface area contributed by atoms with Crippen LogP contribution in [0.1, 0.15) is 26.7 Å². The minimum atomic E-state index is -2.38. The number of halogens is 3. The van der Waals surface area contributed by atoms with Crippen LogP contribution in [0.5, 0.6) is 0 Å². The van der Waals surface area contributed by atoms with E-state index in [0.29, 0.717) is 10.6 Å². The molecule has 1 N–H and O–H groups in total. The molecular formula is C15H20F3NOS. The van der Waals surface area contributed by atoms with E-state index in [1.165, 1.54) is 12.1 Å². The molecule has 0 aliphatic carbocycles. The number of benzene rings is 1. The van der Waals surface area contributed by atoms with Gasteiger partial charge in [-0.25, -0.2) is 13.2 Å². The van der Waals surface area contributed by atoms with E-state index in [0.717, 1.165) is 24.6 Å². The van der Waals surface area contributed by atoms with E-state index in [2.05, 4.69) is 5.32 Å². The fourth-order valence-electron chi connectivity index (χ4n) is 2.64. The largest absolute Gasteiger partial charge is 0.381 e. The summed E-state index contributed by atoms with van der Waals surface area (Å²) in [7, 11) is 0. The summed E-state index contributed by atoms with van der Waals surface area (Å²) >= 11 is 1.04. The topological polar surface area (TPSA) is 21.3 Å². The van der Waals surface area contributed by atoms with E-state index in [9.17, 15) is 13.2 Å². The van der Waals surface area contributed by atoms with Gasteiger partial charge in [0.2, 0.25) is 6.43 Å². The highest BCUT2D eigenvalue weighted by Gasteiger charge is 2.25. The second-order valence-corrected chi connectivity index (χ2v) is 6.47. The molecule has 6 heteroatoms. The van der Waals surface area contributed by atoms with E-state index < -0.39 is 6.43 Å². The van der Waals surface area contributed by atoms with E-state index in [1.807, 2.05) is 13.8 Å². The Balaban J connectivity index is 2.08. The average molecular weight is 319 g/mol. The average Bonchev–Trinajstić information content (AvgIpc) is 2.36. The highest BCUT2D eigenvalue weighted by atomic mass is 32.2. The summed E-state index contributed by atoms with van der Waals surface area (Å²) in [6.07, 6.45) is -0.468. The summed E-state index contributed by atoms with van der Waals surface area (Å²) in [5.74, 6) is -0.659. The fraction of sp³-hybridized carbons (Fsp3) is 0.600. The Labute approximate surface area is 127 Å². The van der Waals surface area contributed by atoms with Gasteiger partial charge in [-0.2, -0.15) is 0 Å². The minimum absolute atomic E-state index is 0.136. The van der Waals surface area contributed by atoms with Crippen LogP contribution in [0.25, 0.3) is 0 Å². The first-order valence-electron chi connectivity index (χ1n) is 7.06. The number of thioether (sulfide) groups is 1. The van der Waals surface area contributed by atoms with Gasteiger partial charge < -0.3 is 10.1 Å². The second kappa shape index (κ2) is 7.40. The van der Waals surface area contributed by atoms with Crippen molar-refractivity contribution in [3.63, 3.8) is 0 Å². The molecule has 1 saturated heterocycles. The van der Waals surface area contributed by atoms with Crippen molar-refractivity contribution in [1.82, 2.24) is 0 Å². The molecule has 1 aliphatic rings. The SMILES string of the molecule is CC1CC(Nc2cc(F)ccc2SCC(F)F)CC(C)O1. The summed E-state index contributed by atoms with van der Waals surface area (Å²) in [5.41, 5.74) is 0.590. The summed E-state index contributed by atoms with van der Waals surface area (Å²) < 4.78 is 43.8. The maximum absolute atomic E-state index is 13.4. The van der Waals surface area contributed by atoms with Gasteiger partial charge >= 0.3 is 0 Å². The van der Waals surface area contributed by atoms with Crippen molar-refractivity contribution in [2.24, 2.45) is 0 Å².